The Morgan fingerprint density at radius 1 is 1.32 bits per heavy atom. The summed E-state index contributed by atoms with van der Waals surface area (Å²) in [7, 11) is 1.72. The maximum absolute atomic E-state index is 5.87. The third kappa shape index (κ3) is 3.87. The molecule has 1 heterocycles. The third-order valence-electron chi connectivity index (χ3n) is 4.10. The molecule has 0 amide bonds. The lowest BCUT2D eigenvalue weighted by molar-refractivity contribution is 0.170. The Morgan fingerprint density at radius 3 is 2.68 bits per heavy atom. The first-order chi connectivity index (χ1) is 9.22. The Bertz CT molecular complexity index is 398. The molecule has 3 nitrogen and oxygen atoms in total. The summed E-state index contributed by atoms with van der Waals surface area (Å²) in [6.07, 6.45) is 5.36. The summed E-state index contributed by atoms with van der Waals surface area (Å²) < 4.78 is 5.42. The Labute approximate surface area is 116 Å². The number of methoxy groups -OCH3 is 1. The Morgan fingerprint density at radius 2 is 2.05 bits per heavy atom. The van der Waals surface area contributed by atoms with Gasteiger partial charge >= 0.3 is 0 Å². The Balaban J connectivity index is 1.93. The molecule has 0 atom stereocenters. The molecule has 19 heavy (non-hydrogen) atoms. The van der Waals surface area contributed by atoms with Crippen molar-refractivity contribution in [3.63, 3.8) is 0 Å². The van der Waals surface area contributed by atoms with E-state index in [0.29, 0.717) is 0 Å². The maximum Gasteiger partial charge on any atom is 0.123 e. The molecule has 1 fully saturated rings. The zero-order valence-electron chi connectivity index (χ0n) is 12.2. The molecule has 0 aromatic heterocycles. The topological polar surface area (TPSA) is 38.5 Å². The van der Waals surface area contributed by atoms with Crippen molar-refractivity contribution in [3.05, 3.63) is 23.8 Å². The number of piperidine rings is 1. The first-order valence-electron chi connectivity index (χ1n) is 7.37. The highest BCUT2D eigenvalue weighted by atomic mass is 16.5. The average molecular weight is 262 g/mol. The number of ether oxygens (including phenoxy) is 1. The standard InChI is InChI=1S/C16H26N2O/c1-3-4-13-7-9-18(10-8-13)12-14-11-15(17)5-6-16(14)19-2/h5-6,11,13H,3-4,7-10,12,17H2,1-2H3. The maximum atomic E-state index is 5.87. The van der Waals surface area contributed by atoms with Crippen LogP contribution in [0.2, 0.25) is 0 Å². The molecule has 2 rings (SSSR count). The van der Waals surface area contributed by atoms with Crippen LogP contribution in [0.4, 0.5) is 5.69 Å². The molecule has 106 valence electrons. The summed E-state index contributed by atoms with van der Waals surface area (Å²) in [5.41, 5.74) is 7.90. The van der Waals surface area contributed by atoms with E-state index < -0.39 is 0 Å². The summed E-state index contributed by atoms with van der Waals surface area (Å²) in [6, 6.07) is 5.90. The second-order valence-corrected chi connectivity index (χ2v) is 5.58. The second kappa shape index (κ2) is 6.80. The van der Waals surface area contributed by atoms with Gasteiger partial charge in [0.05, 0.1) is 7.11 Å². The van der Waals surface area contributed by atoms with Gasteiger partial charge in [0.15, 0.2) is 0 Å². The molecule has 0 saturated carbocycles. The molecule has 0 radical (unpaired) electrons. The number of nitrogen functional groups attached to an aromatic ring is 1. The van der Waals surface area contributed by atoms with Gasteiger partial charge in [-0.1, -0.05) is 19.8 Å². The molecule has 2 N–H and O–H groups in total. The molecule has 0 bridgehead atoms. The number of hydrogen-bond acceptors (Lipinski definition) is 3. The van der Waals surface area contributed by atoms with Gasteiger partial charge in [-0.2, -0.15) is 0 Å². The van der Waals surface area contributed by atoms with Crippen molar-refractivity contribution in [3.8, 4) is 5.75 Å². The highest BCUT2D eigenvalue weighted by Gasteiger charge is 2.19. The molecule has 1 saturated heterocycles. The molecular weight excluding hydrogens is 236 g/mol. The number of hydrogen-bond donors (Lipinski definition) is 1. The fourth-order valence-corrected chi connectivity index (χ4v) is 3.00. The Hall–Kier alpha value is -1.22. The van der Waals surface area contributed by atoms with Crippen LogP contribution in [0.3, 0.4) is 0 Å². The first-order valence-corrected chi connectivity index (χ1v) is 7.37. The number of anilines is 1. The van der Waals surface area contributed by atoms with Crippen LogP contribution < -0.4 is 10.5 Å². The monoisotopic (exact) mass is 262 g/mol. The smallest absolute Gasteiger partial charge is 0.123 e. The van der Waals surface area contributed by atoms with Crippen molar-refractivity contribution in [2.24, 2.45) is 5.92 Å². The molecule has 0 unspecified atom stereocenters. The van der Waals surface area contributed by atoms with Crippen LogP contribution in [0.1, 0.15) is 38.2 Å². The molecule has 1 aliphatic heterocycles. The van der Waals surface area contributed by atoms with E-state index in [4.69, 9.17) is 10.5 Å². The van der Waals surface area contributed by atoms with Crippen molar-refractivity contribution in [2.75, 3.05) is 25.9 Å². The Kier molecular flexibility index (Phi) is 5.08. The molecule has 1 aliphatic rings. The summed E-state index contributed by atoms with van der Waals surface area (Å²) in [5, 5.41) is 0. The molecule has 0 spiro atoms. The van der Waals surface area contributed by atoms with Crippen LogP contribution in [0, 0.1) is 5.92 Å². The van der Waals surface area contributed by atoms with Crippen LogP contribution in [0.15, 0.2) is 18.2 Å². The molecule has 1 aromatic rings. The average Bonchev–Trinajstić information content (AvgIpc) is 2.42. The largest absolute Gasteiger partial charge is 0.496 e. The van der Waals surface area contributed by atoms with Crippen LogP contribution in [0.25, 0.3) is 0 Å². The van der Waals surface area contributed by atoms with Gasteiger partial charge in [-0.3, -0.25) is 4.90 Å². The molecule has 3 heteroatoms. The number of rotatable bonds is 5. The van der Waals surface area contributed by atoms with E-state index in [1.807, 2.05) is 18.2 Å². The quantitative estimate of drug-likeness (QED) is 0.828. The minimum Gasteiger partial charge on any atom is -0.496 e. The molecule has 0 aliphatic carbocycles. The number of nitrogens with two attached hydrogens (primary N) is 1. The molecule has 1 aromatic carbocycles. The normalized spacial score (nSPS) is 17.6. The van der Waals surface area contributed by atoms with E-state index in [9.17, 15) is 0 Å². The zero-order valence-corrected chi connectivity index (χ0v) is 12.2. The van der Waals surface area contributed by atoms with E-state index in [-0.39, 0.29) is 0 Å². The highest BCUT2D eigenvalue weighted by molar-refractivity contribution is 5.47. The minimum atomic E-state index is 0.816. The number of benzene rings is 1. The predicted octanol–water partition coefficient (Wildman–Crippen LogP) is 3.29. The summed E-state index contributed by atoms with van der Waals surface area (Å²) in [6.45, 7) is 5.63. The van der Waals surface area contributed by atoms with Crippen molar-refractivity contribution in [1.29, 1.82) is 0 Å². The van der Waals surface area contributed by atoms with Gasteiger partial charge < -0.3 is 10.5 Å². The first kappa shape index (κ1) is 14.2. The lowest BCUT2D eigenvalue weighted by Crippen LogP contribution is -2.33. The van der Waals surface area contributed by atoms with Gasteiger partial charge in [0.1, 0.15) is 5.75 Å². The van der Waals surface area contributed by atoms with Crippen molar-refractivity contribution < 1.29 is 4.74 Å². The van der Waals surface area contributed by atoms with Gasteiger partial charge in [-0.15, -0.1) is 0 Å². The van der Waals surface area contributed by atoms with E-state index >= 15 is 0 Å². The number of nitrogens with zero attached hydrogens (tertiary/aromatic N) is 1. The fourth-order valence-electron chi connectivity index (χ4n) is 3.00. The van der Waals surface area contributed by atoms with Gasteiger partial charge in [-0.25, -0.2) is 0 Å². The summed E-state index contributed by atoms with van der Waals surface area (Å²) >= 11 is 0. The van der Waals surface area contributed by atoms with Gasteiger partial charge in [0.2, 0.25) is 0 Å². The van der Waals surface area contributed by atoms with Gasteiger partial charge in [0.25, 0.3) is 0 Å². The van der Waals surface area contributed by atoms with Crippen LogP contribution >= 0.6 is 0 Å². The van der Waals surface area contributed by atoms with Crippen molar-refractivity contribution in [1.82, 2.24) is 4.90 Å². The van der Waals surface area contributed by atoms with E-state index in [1.54, 1.807) is 7.11 Å². The van der Waals surface area contributed by atoms with Crippen LogP contribution in [-0.4, -0.2) is 25.1 Å². The van der Waals surface area contributed by atoms with Gasteiger partial charge in [-0.05, 0) is 50.0 Å². The van der Waals surface area contributed by atoms with Gasteiger partial charge in [0, 0.05) is 17.8 Å². The predicted molar refractivity (Wildman–Crippen MR) is 80.3 cm³/mol. The van der Waals surface area contributed by atoms with Crippen LogP contribution in [-0.2, 0) is 6.54 Å². The lowest BCUT2D eigenvalue weighted by Gasteiger charge is -2.32. The fraction of sp³-hybridized carbons (Fsp3) is 0.625. The van der Waals surface area contributed by atoms with Crippen molar-refractivity contribution >= 4 is 5.69 Å². The number of likely N-dealkylation sites (tertiary alicyclic amines) is 1. The van der Waals surface area contributed by atoms with Crippen molar-refractivity contribution in [2.45, 2.75) is 39.2 Å². The SMILES string of the molecule is CCCC1CCN(Cc2cc(N)ccc2OC)CC1. The molecular formula is C16H26N2O. The lowest BCUT2D eigenvalue weighted by atomic mass is 9.92. The summed E-state index contributed by atoms with van der Waals surface area (Å²) in [4.78, 5) is 2.52. The zero-order chi connectivity index (χ0) is 13.7. The van der Waals surface area contributed by atoms with E-state index in [2.05, 4.69) is 11.8 Å². The highest BCUT2D eigenvalue weighted by Crippen LogP contribution is 2.26. The second-order valence-electron chi connectivity index (χ2n) is 5.58. The van der Waals surface area contributed by atoms with E-state index in [1.165, 1.54) is 44.3 Å². The van der Waals surface area contributed by atoms with E-state index in [0.717, 1.165) is 23.9 Å². The van der Waals surface area contributed by atoms with Crippen LogP contribution in [0.5, 0.6) is 5.75 Å². The minimum absolute atomic E-state index is 0.816. The summed E-state index contributed by atoms with van der Waals surface area (Å²) in [5.74, 6) is 1.88. The third-order valence-corrected chi connectivity index (χ3v) is 4.10.